The molecule has 1 aliphatic carbocycles. The third-order valence-electron chi connectivity index (χ3n) is 4.44. The molecule has 0 unspecified atom stereocenters. The van der Waals surface area contributed by atoms with E-state index in [0.29, 0.717) is 6.07 Å². The second-order valence-corrected chi connectivity index (χ2v) is 6.29. The number of carbonyl (C=O) groups excluding carboxylic acids is 3. The first kappa shape index (κ1) is 19.4. The molecule has 6 nitrogen and oxygen atoms in total. The van der Waals surface area contributed by atoms with Gasteiger partial charge in [-0.05, 0) is 43.2 Å². The number of hydrogen-bond donors (Lipinski definition) is 2. The number of anilines is 2. The van der Waals surface area contributed by atoms with Gasteiger partial charge in [-0.25, -0.2) is 18.0 Å². The molecule has 0 radical (unpaired) electrons. The van der Waals surface area contributed by atoms with E-state index < -0.39 is 46.3 Å². The molecule has 1 aliphatic rings. The fourth-order valence-corrected chi connectivity index (χ4v) is 2.64. The highest BCUT2D eigenvalue weighted by atomic mass is 19.2. The molecule has 0 heterocycles. The lowest BCUT2D eigenvalue weighted by Gasteiger charge is -2.16. The number of amides is 2. The Kier molecular flexibility index (Phi) is 5.08. The van der Waals surface area contributed by atoms with E-state index in [1.54, 1.807) is 0 Å². The number of methoxy groups -OCH3 is 1. The molecule has 2 amide bonds. The van der Waals surface area contributed by atoms with E-state index in [9.17, 15) is 27.6 Å². The SMILES string of the molecule is COC(=O)c1cccc(NC(=O)C2(C(=O)Nc3ccc(F)c(F)c3F)CC2)c1. The minimum absolute atomic E-state index is 0.201. The van der Waals surface area contributed by atoms with Gasteiger partial charge in [0.15, 0.2) is 17.5 Å². The van der Waals surface area contributed by atoms with E-state index in [4.69, 9.17) is 0 Å². The minimum atomic E-state index is -1.72. The molecule has 2 aromatic rings. The summed E-state index contributed by atoms with van der Waals surface area (Å²) in [6.07, 6.45) is 0.402. The number of esters is 1. The standard InChI is InChI=1S/C19H15F3N2O4/c1-28-16(25)10-3-2-4-11(9-10)23-17(26)19(7-8-19)18(27)24-13-6-5-12(20)14(21)15(13)22/h2-6,9H,7-8H2,1H3,(H,23,26)(H,24,27). The van der Waals surface area contributed by atoms with Crippen LogP contribution in [0.4, 0.5) is 24.5 Å². The van der Waals surface area contributed by atoms with Gasteiger partial charge in [0.25, 0.3) is 0 Å². The van der Waals surface area contributed by atoms with E-state index in [2.05, 4.69) is 15.4 Å². The average molecular weight is 392 g/mol. The molecule has 3 rings (SSSR count). The van der Waals surface area contributed by atoms with Crippen LogP contribution in [-0.4, -0.2) is 24.9 Å². The Labute approximate surface area is 157 Å². The smallest absolute Gasteiger partial charge is 0.337 e. The molecule has 1 fully saturated rings. The summed E-state index contributed by atoms with van der Waals surface area (Å²) in [5.74, 6) is -6.74. The van der Waals surface area contributed by atoms with Crippen molar-refractivity contribution < 1.29 is 32.3 Å². The van der Waals surface area contributed by atoms with Crippen LogP contribution in [0.1, 0.15) is 23.2 Å². The minimum Gasteiger partial charge on any atom is -0.465 e. The van der Waals surface area contributed by atoms with Crippen LogP contribution in [0.3, 0.4) is 0 Å². The van der Waals surface area contributed by atoms with Gasteiger partial charge in [-0.1, -0.05) is 6.07 Å². The quantitative estimate of drug-likeness (QED) is 0.465. The van der Waals surface area contributed by atoms with Gasteiger partial charge >= 0.3 is 5.97 Å². The number of halogens is 3. The van der Waals surface area contributed by atoms with Gasteiger partial charge in [0, 0.05) is 5.69 Å². The van der Waals surface area contributed by atoms with Gasteiger partial charge in [-0.15, -0.1) is 0 Å². The van der Waals surface area contributed by atoms with Crippen LogP contribution in [0.5, 0.6) is 0 Å². The Bertz CT molecular complexity index is 974. The summed E-state index contributed by atoms with van der Waals surface area (Å²) >= 11 is 0. The van der Waals surface area contributed by atoms with Crippen LogP contribution < -0.4 is 10.6 Å². The summed E-state index contributed by atoms with van der Waals surface area (Å²) in [7, 11) is 1.22. The van der Waals surface area contributed by atoms with Crippen molar-refractivity contribution in [2.45, 2.75) is 12.8 Å². The molecular weight excluding hydrogens is 377 g/mol. The number of carbonyl (C=O) groups is 3. The maximum Gasteiger partial charge on any atom is 0.337 e. The molecule has 146 valence electrons. The number of benzene rings is 2. The fourth-order valence-electron chi connectivity index (χ4n) is 2.64. The monoisotopic (exact) mass is 392 g/mol. The van der Waals surface area contributed by atoms with E-state index in [-0.39, 0.29) is 24.1 Å². The van der Waals surface area contributed by atoms with Crippen LogP contribution in [0.15, 0.2) is 36.4 Å². The molecule has 0 spiro atoms. The van der Waals surface area contributed by atoms with Crippen LogP contribution in [0, 0.1) is 22.9 Å². The summed E-state index contributed by atoms with van der Waals surface area (Å²) in [6, 6.07) is 7.47. The Morgan fingerprint density at radius 1 is 0.964 bits per heavy atom. The van der Waals surface area contributed by atoms with Crippen LogP contribution in [0.2, 0.25) is 0 Å². The molecule has 0 atom stereocenters. The zero-order valence-corrected chi connectivity index (χ0v) is 14.6. The fraction of sp³-hybridized carbons (Fsp3) is 0.211. The lowest BCUT2D eigenvalue weighted by Crippen LogP contribution is -2.36. The molecule has 0 saturated heterocycles. The summed E-state index contributed by atoms with van der Waals surface area (Å²) in [5.41, 5.74) is -1.54. The first-order valence-corrected chi connectivity index (χ1v) is 8.23. The second kappa shape index (κ2) is 7.34. The highest BCUT2D eigenvalue weighted by Gasteiger charge is 2.56. The first-order valence-electron chi connectivity index (χ1n) is 8.23. The Morgan fingerprint density at radius 2 is 1.64 bits per heavy atom. The maximum atomic E-state index is 13.8. The third-order valence-corrected chi connectivity index (χ3v) is 4.44. The third kappa shape index (κ3) is 3.55. The second-order valence-electron chi connectivity index (χ2n) is 6.29. The number of hydrogen-bond acceptors (Lipinski definition) is 4. The molecule has 2 aromatic carbocycles. The molecular formula is C19H15F3N2O4. The van der Waals surface area contributed by atoms with E-state index in [1.165, 1.54) is 31.4 Å². The molecule has 0 aliphatic heterocycles. The average Bonchev–Trinajstić information content (AvgIpc) is 3.50. The van der Waals surface area contributed by atoms with Crippen molar-refractivity contribution in [1.29, 1.82) is 0 Å². The van der Waals surface area contributed by atoms with Crippen molar-refractivity contribution in [2.75, 3.05) is 17.7 Å². The van der Waals surface area contributed by atoms with E-state index >= 15 is 0 Å². The summed E-state index contributed by atoms with van der Waals surface area (Å²) in [6.45, 7) is 0. The molecule has 9 heteroatoms. The summed E-state index contributed by atoms with van der Waals surface area (Å²) < 4.78 is 44.7. The van der Waals surface area contributed by atoms with Gasteiger partial charge in [0.05, 0.1) is 18.4 Å². The Hall–Kier alpha value is -3.36. The van der Waals surface area contributed by atoms with Gasteiger partial charge in [0.2, 0.25) is 11.8 Å². The van der Waals surface area contributed by atoms with Crippen LogP contribution in [-0.2, 0) is 14.3 Å². The lowest BCUT2D eigenvalue weighted by atomic mass is 10.0. The van der Waals surface area contributed by atoms with Crippen molar-refractivity contribution in [1.82, 2.24) is 0 Å². The van der Waals surface area contributed by atoms with Crippen molar-refractivity contribution in [3.63, 3.8) is 0 Å². The number of ether oxygens (including phenoxy) is 1. The highest BCUT2D eigenvalue weighted by Crippen LogP contribution is 2.47. The van der Waals surface area contributed by atoms with E-state index in [1.807, 2.05) is 0 Å². The normalized spacial score (nSPS) is 14.1. The predicted molar refractivity (Wildman–Crippen MR) is 93.0 cm³/mol. The number of nitrogens with one attached hydrogen (secondary N) is 2. The van der Waals surface area contributed by atoms with Gasteiger partial charge in [0.1, 0.15) is 5.41 Å². The molecule has 2 N–H and O–H groups in total. The van der Waals surface area contributed by atoms with Gasteiger partial charge in [-0.3, -0.25) is 9.59 Å². The first-order chi connectivity index (χ1) is 13.3. The zero-order valence-electron chi connectivity index (χ0n) is 14.6. The predicted octanol–water partition coefficient (Wildman–Crippen LogP) is 3.25. The van der Waals surface area contributed by atoms with Crippen molar-refractivity contribution in [2.24, 2.45) is 5.41 Å². The van der Waals surface area contributed by atoms with Crippen molar-refractivity contribution in [3.05, 3.63) is 59.4 Å². The Morgan fingerprint density at radius 3 is 2.29 bits per heavy atom. The molecule has 1 saturated carbocycles. The lowest BCUT2D eigenvalue weighted by molar-refractivity contribution is -0.131. The highest BCUT2D eigenvalue weighted by molar-refractivity contribution is 6.17. The summed E-state index contributed by atoms with van der Waals surface area (Å²) in [5, 5.41) is 4.66. The number of rotatable bonds is 5. The largest absolute Gasteiger partial charge is 0.465 e. The molecule has 28 heavy (non-hydrogen) atoms. The van der Waals surface area contributed by atoms with Gasteiger partial charge < -0.3 is 15.4 Å². The maximum absolute atomic E-state index is 13.8. The van der Waals surface area contributed by atoms with Crippen molar-refractivity contribution in [3.8, 4) is 0 Å². The molecule has 0 bridgehead atoms. The zero-order chi connectivity index (χ0) is 20.5. The Balaban J connectivity index is 1.74. The van der Waals surface area contributed by atoms with E-state index in [0.717, 1.165) is 6.07 Å². The summed E-state index contributed by atoms with van der Waals surface area (Å²) in [4.78, 5) is 36.6. The molecule has 0 aromatic heterocycles. The van der Waals surface area contributed by atoms with Gasteiger partial charge in [-0.2, -0.15) is 0 Å². The van der Waals surface area contributed by atoms with Crippen molar-refractivity contribution >= 4 is 29.2 Å². The van der Waals surface area contributed by atoms with Crippen LogP contribution in [0.25, 0.3) is 0 Å². The van der Waals surface area contributed by atoms with Crippen LogP contribution >= 0.6 is 0 Å². The topological polar surface area (TPSA) is 84.5 Å².